The van der Waals surface area contributed by atoms with Gasteiger partial charge in [0.1, 0.15) is 19.3 Å². The molecule has 0 spiro atoms. The van der Waals surface area contributed by atoms with E-state index in [4.69, 9.17) is 37.0 Å². The molecular formula is C89H140O17P2. The van der Waals surface area contributed by atoms with Crippen molar-refractivity contribution in [2.75, 3.05) is 39.6 Å². The lowest BCUT2D eigenvalue weighted by Crippen LogP contribution is -2.30. The number of unbranched alkanes of at least 4 members (excludes halogenated alkanes) is 13. The van der Waals surface area contributed by atoms with Gasteiger partial charge >= 0.3 is 39.5 Å². The van der Waals surface area contributed by atoms with Crippen LogP contribution in [0.4, 0.5) is 0 Å². The maximum Gasteiger partial charge on any atom is 0.472 e. The summed E-state index contributed by atoms with van der Waals surface area (Å²) in [7, 11) is -10.0. The average Bonchev–Trinajstić information content (AvgIpc) is 0.880. The van der Waals surface area contributed by atoms with Gasteiger partial charge in [0.05, 0.1) is 26.4 Å². The highest BCUT2D eigenvalue weighted by molar-refractivity contribution is 7.47. The first-order valence-electron chi connectivity index (χ1n) is 40.3. The van der Waals surface area contributed by atoms with Crippen LogP contribution in [-0.2, 0) is 65.4 Å². The van der Waals surface area contributed by atoms with Gasteiger partial charge in [-0.25, -0.2) is 9.13 Å². The fourth-order valence-corrected chi connectivity index (χ4v) is 11.3. The summed E-state index contributed by atoms with van der Waals surface area (Å²) in [6.07, 6.45) is 98.1. The van der Waals surface area contributed by atoms with Crippen molar-refractivity contribution in [2.24, 2.45) is 0 Å². The number of carbonyl (C=O) groups is 4. The normalized spacial score (nSPS) is 14.9. The van der Waals surface area contributed by atoms with Gasteiger partial charge in [-0.3, -0.25) is 37.3 Å². The Hall–Kier alpha value is -6.36. The molecule has 5 unspecified atom stereocenters. The molecule has 0 aromatic rings. The molecule has 0 aliphatic carbocycles. The van der Waals surface area contributed by atoms with Gasteiger partial charge in [0.2, 0.25) is 0 Å². The lowest BCUT2D eigenvalue weighted by Gasteiger charge is -2.21. The SMILES string of the molecule is CC/C=C\C/C=C\C/C=C\C/C=C\C/C=C\CCCC(=O)OCC(COP(=O)(O)OCC(O)COP(=O)(O)OCC(COC(=O)CCCCCC/C=C\C/C=C\C/C=C\C/C=C\CC)OC(=O)CCCCCC/C=C\C/C=C\C/C=C\C/C=C\CC)OC(=O)CCCCCC/C=C\C/C=C\C/C=C\C/C=C\CC. The average molecular weight is 1540 g/mol. The highest BCUT2D eigenvalue weighted by Gasteiger charge is 2.30. The van der Waals surface area contributed by atoms with Crippen molar-refractivity contribution >= 4 is 39.5 Å². The van der Waals surface area contributed by atoms with Crippen LogP contribution in [0.1, 0.15) is 272 Å². The number of phosphoric ester groups is 2. The minimum Gasteiger partial charge on any atom is -0.462 e. The first-order chi connectivity index (χ1) is 52.7. The monoisotopic (exact) mass is 1540 g/mol. The van der Waals surface area contributed by atoms with Crippen molar-refractivity contribution in [1.29, 1.82) is 0 Å². The van der Waals surface area contributed by atoms with Crippen molar-refractivity contribution < 1.29 is 80.2 Å². The molecule has 17 nitrogen and oxygen atoms in total. The van der Waals surface area contributed by atoms with Gasteiger partial charge in [-0.2, -0.15) is 0 Å². The van der Waals surface area contributed by atoms with Crippen LogP contribution in [0.3, 0.4) is 0 Å². The van der Waals surface area contributed by atoms with E-state index in [0.717, 1.165) is 186 Å². The van der Waals surface area contributed by atoms with Crippen LogP contribution >= 0.6 is 15.6 Å². The minimum absolute atomic E-state index is 0.0447. The van der Waals surface area contributed by atoms with Crippen LogP contribution in [0.15, 0.2) is 207 Å². The molecule has 0 heterocycles. The Bertz CT molecular complexity index is 2860. The Balaban J connectivity index is 5.53. The maximum absolute atomic E-state index is 13.1. The third-order valence-corrected chi connectivity index (χ3v) is 17.6. The summed E-state index contributed by atoms with van der Waals surface area (Å²) in [5.41, 5.74) is 0. The molecular weight excluding hydrogens is 1400 g/mol. The Kier molecular flexibility index (Phi) is 74.1. The smallest absolute Gasteiger partial charge is 0.462 e. The fourth-order valence-electron chi connectivity index (χ4n) is 9.76. The number of esters is 4. The standard InChI is InChI=1S/C89H140O17P2/c1-5-9-13-17-21-25-29-33-37-41-45-49-53-57-61-65-69-73-86(91)99-79-84(105-88(93)75-71-67-63-59-55-51-47-43-39-35-31-27-23-19-15-11-7-3)81-103-107(95,96)101-77-83(90)78-102-108(97,98)104-82-85(106-89(94)76-72-68-64-60-56-52-48-44-40-36-32-28-24-20-16-12-8-4)80-100-87(92)74-70-66-62-58-54-50-46-42-38-34-30-26-22-18-14-10-6-2/h9-16,21-28,33-40,45-52,57,61,83-85,90H,5-8,17-20,29-32,41-44,53-56,58-60,62-82H2,1-4H3,(H,95,96)(H,97,98)/b13-9-,14-10-,15-11-,16-12-,25-21-,26-22-,27-23-,28-24-,37-33-,38-34-,39-35-,40-36-,49-45-,50-46-,51-47-,52-48-,61-57-. The number of phosphoric acid groups is 2. The zero-order valence-electron chi connectivity index (χ0n) is 66.4. The molecule has 0 radical (unpaired) electrons. The Morgan fingerprint density at radius 3 is 0.722 bits per heavy atom. The molecule has 0 rings (SSSR count). The number of aliphatic hydroxyl groups is 1. The van der Waals surface area contributed by atoms with E-state index in [1.54, 1.807) is 0 Å². The fraction of sp³-hybridized carbons (Fsp3) is 0.573. The van der Waals surface area contributed by atoms with Gasteiger partial charge in [0.25, 0.3) is 0 Å². The van der Waals surface area contributed by atoms with Crippen molar-refractivity contribution in [2.45, 2.75) is 290 Å². The van der Waals surface area contributed by atoms with E-state index >= 15 is 0 Å². The molecule has 0 aromatic heterocycles. The first kappa shape index (κ1) is 102. The summed E-state index contributed by atoms with van der Waals surface area (Å²) < 4.78 is 68.6. The molecule has 19 heteroatoms. The molecule has 608 valence electrons. The molecule has 0 saturated carbocycles. The van der Waals surface area contributed by atoms with Gasteiger partial charge in [-0.15, -0.1) is 0 Å². The van der Waals surface area contributed by atoms with Crippen molar-refractivity contribution in [3.8, 4) is 0 Å². The minimum atomic E-state index is -5.01. The maximum atomic E-state index is 13.1. The van der Waals surface area contributed by atoms with Gasteiger partial charge in [0, 0.05) is 25.7 Å². The number of ether oxygens (including phenoxy) is 4. The van der Waals surface area contributed by atoms with Crippen LogP contribution < -0.4 is 0 Å². The Labute approximate surface area is 652 Å². The predicted molar refractivity (Wildman–Crippen MR) is 445 cm³/mol. The van der Waals surface area contributed by atoms with E-state index in [9.17, 15) is 43.2 Å². The summed E-state index contributed by atoms with van der Waals surface area (Å²) >= 11 is 0. The van der Waals surface area contributed by atoms with Crippen molar-refractivity contribution in [1.82, 2.24) is 0 Å². The van der Waals surface area contributed by atoms with Crippen LogP contribution in [0, 0.1) is 0 Å². The molecule has 0 aliphatic rings. The van der Waals surface area contributed by atoms with Crippen LogP contribution in [0.5, 0.6) is 0 Å². The van der Waals surface area contributed by atoms with E-state index in [1.807, 2.05) is 12.2 Å². The third-order valence-electron chi connectivity index (χ3n) is 15.7. The summed E-state index contributed by atoms with van der Waals surface area (Å²) in [6, 6.07) is 0. The van der Waals surface area contributed by atoms with Crippen LogP contribution in [0.2, 0.25) is 0 Å². The summed E-state index contributed by atoms with van der Waals surface area (Å²) in [5, 5.41) is 10.7. The van der Waals surface area contributed by atoms with Gasteiger partial charge in [0.15, 0.2) is 12.2 Å². The number of hydrogen-bond acceptors (Lipinski definition) is 15. The quantitative estimate of drug-likeness (QED) is 0.0169. The number of rotatable bonds is 73. The Morgan fingerprint density at radius 1 is 0.259 bits per heavy atom. The summed E-state index contributed by atoms with van der Waals surface area (Å²) in [5.74, 6) is -2.35. The molecule has 0 aliphatic heterocycles. The third kappa shape index (κ3) is 77.8. The number of hydrogen-bond donors (Lipinski definition) is 3. The molecule has 0 amide bonds. The second-order valence-corrected chi connectivity index (χ2v) is 28.7. The Morgan fingerprint density at radius 2 is 0.463 bits per heavy atom. The summed E-state index contributed by atoms with van der Waals surface area (Å²) in [4.78, 5) is 73.1. The van der Waals surface area contributed by atoms with E-state index in [0.29, 0.717) is 32.1 Å². The van der Waals surface area contributed by atoms with Gasteiger partial charge in [-0.05, 0) is 180 Å². The van der Waals surface area contributed by atoms with Gasteiger partial charge in [-0.1, -0.05) is 273 Å². The highest BCUT2D eigenvalue weighted by Crippen LogP contribution is 2.45. The van der Waals surface area contributed by atoms with E-state index in [-0.39, 0.29) is 25.7 Å². The molecule has 108 heavy (non-hydrogen) atoms. The molecule has 0 aromatic carbocycles. The number of carbonyl (C=O) groups excluding carboxylic acids is 4. The molecule has 5 atom stereocenters. The zero-order chi connectivity index (χ0) is 78.9. The van der Waals surface area contributed by atoms with E-state index < -0.39 is 97.5 Å². The van der Waals surface area contributed by atoms with Crippen molar-refractivity contribution in [3.63, 3.8) is 0 Å². The lowest BCUT2D eigenvalue weighted by molar-refractivity contribution is -0.161. The second-order valence-electron chi connectivity index (χ2n) is 25.8. The highest BCUT2D eigenvalue weighted by atomic mass is 31.2. The number of allylic oxidation sites excluding steroid dienone is 34. The predicted octanol–water partition coefficient (Wildman–Crippen LogP) is 23.9. The van der Waals surface area contributed by atoms with Crippen LogP contribution in [-0.4, -0.2) is 96.7 Å². The molecule has 0 fully saturated rings. The van der Waals surface area contributed by atoms with Crippen LogP contribution in [0.25, 0.3) is 0 Å². The second kappa shape index (κ2) is 78.8. The lowest BCUT2D eigenvalue weighted by atomic mass is 10.1. The van der Waals surface area contributed by atoms with E-state index in [2.05, 4.69) is 222 Å². The zero-order valence-corrected chi connectivity index (χ0v) is 68.2. The first-order valence-corrected chi connectivity index (χ1v) is 43.3. The topological polar surface area (TPSA) is 237 Å². The molecule has 0 saturated heterocycles. The number of aliphatic hydroxyl groups excluding tert-OH is 1. The van der Waals surface area contributed by atoms with Gasteiger partial charge < -0.3 is 33.8 Å². The largest absolute Gasteiger partial charge is 0.472 e. The van der Waals surface area contributed by atoms with Crippen molar-refractivity contribution in [3.05, 3.63) is 207 Å². The molecule has 3 N–H and O–H groups in total. The summed E-state index contributed by atoms with van der Waals surface area (Å²) in [6.45, 7) is 4.24. The van der Waals surface area contributed by atoms with E-state index in [1.165, 1.54) is 0 Å². The molecule has 0 bridgehead atoms.